The lowest BCUT2D eigenvalue weighted by Gasteiger charge is -2.36. The molecule has 0 aliphatic heterocycles. The smallest absolute Gasteiger partial charge is 0.414 e. The lowest BCUT2D eigenvalue weighted by Crippen LogP contribution is -2.54. The minimum Gasteiger partial charge on any atom is -0.473 e. The molecule has 0 aromatic carbocycles. The molecular formula is C16H31N3O7. The van der Waals surface area contributed by atoms with Crippen molar-refractivity contribution in [1.29, 1.82) is 0 Å². The predicted molar refractivity (Wildman–Crippen MR) is 94.3 cm³/mol. The molecule has 0 heterocycles. The van der Waals surface area contributed by atoms with Crippen LogP contribution in [0.2, 0.25) is 0 Å². The maximum Gasteiger partial charge on any atom is 0.414 e. The van der Waals surface area contributed by atoms with Gasteiger partial charge in [-0.2, -0.15) is 0 Å². The fraction of sp³-hybridized carbons (Fsp3) is 0.750. The summed E-state index contributed by atoms with van der Waals surface area (Å²) in [5.41, 5.74) is 5.64. The van der Waals surface area contributed by atoms with Crippen LogP contribution in [0.4, 0.5) is 0 Å². The van der Waals surface area contributed by atoms with E-state index in [9.17, 15) is 9.59 Å². The Bertz CT molecular complexity index is 502. The molecule has 1 aliphatic carbocycles. The van der Waals surface area contributed by atoms with E-state index in [0.29, 0.717) is 6.42 Å². The highest BCUT2D eigenvalue weighted by Gasteiger charge is 2.35. The predicted octanol–water partition coefficient (Wildman–Crippen LogP) is -0.936. The number of carboxylic acid groups (broad SMARTS) is 2. The number of hydrogen-bond acceptors (Lipinski definition) is 5. The monoisotopic (exact) mass is 377 g/mol. The minimum atomic E-state index is -1.82. The topological polar surface area (TPSA) is 182 Å². The first-order chi connectivity index (χ1) is 11.3. The summed E-state index contributed by atoms with van der Waals surface area (Å²) in [6.07, 6.45) is 2.22. The highest BCUT2D eigenvalue weighted by molar-refractivity contribution is 6.27. The third kappa shape index (κ3) is 8.77. The molecule has 0 aromatic rings. The zero-order valence-corrected chi connectivity index (χ0v) is 15.9. The van der Waals surface area contributed by atoms with Gasteiger partial charge in [0, 0.05) is 37.5 Å². The lowest BCUT2D eigenvalue weighted by molar-refractivity contribution is -0.159. The zero-order chi connectivity index (χ0) is 19.9. The van der Waals surface area contributed by atoms with Gasteiger partial charge in [-0.1, -0.05) is 20.8 Å². The number of nitrogens with zero attached hydrogens (tertiary/aromatic N) is 1. The second-order valence-corrected chi connectivity index (χ2v) is 7.35. The van der Waals surface area contributed by atoms with Crippen molar-refractivity contribution in [1.82, 2.24) is 10.2 Å². The van der Waals surface area contributed by atoms with Gasteiger partial charge in [0.15, 0.2) is 0 Å². The number of rotatable bonds is 2. The van der Waals surface area contributed by atoms with E-state index in [1.807, 2.05) is 20.8 Å². The lowest BCUT2D eigenvalue weighted by atomic mass is 9.81. The molecule has 0 unspecified atom stereocenters. The highest BCUT2D eigenvalue weighted by Crippen LogP contribution is 2.26. The van der Waals surface area contributed by atoms with Crippen LogP contribution in [0.5, 0.6) is 0 Å². The number of amides is 2. The summed E-state index contributed by atoms with van der Waals surface area (Å²) < 4.78 is 0. The van der Waals surface area contributed by atoms with Crippen LogP contribution in [0, 0.1) is 11.3 Å². The molecule has 10 heteroatoms. The van der Waals surface area contributed by atoms with Gasteiger partial charge in [-0.05, 0) is 19.3 Å². The van der Waals surface area contributed by atoms with Crippen molar-refractivity contribution in [3.63, 3.8) is 0 Å². The number of hydrogen-bond donors (Lipinski definition) is 4. The second kappa shape index (κ2) is 10.7. The molecule has 1 aliphatic rings. The van der Waals surface area contributed by atoms with E-state index in [1.165, 1.54) is 0 Å². The van der Waals surface area contributed by atoms with Gasteiger partial charge in [0.1, 0.15) is 0 Å². The number of carbonyl (C=O) groups excluding carboxylic acids is 2. The SMILES string of the molecule is CN(C)C(=O)[C@H]1CC[C@@H](N)[C@H](NC(=O)C(C)(C)C)C1.O.O=C(O)C(=O)O. The quantitative estimate of drug-likeness (QED) is 0.448. The Hall–Kier alpha value is -2.20. The molecular weight excluding hydrogens is 346 g/mol. The molecule has 10 nitrogen and oxygen atoms in total. The van der Waals surface area contributed by atoms with Gasteiger partial charge in [-0.15, -0.1) is 0 Å². The van der Waals surface area contributed by atoms with Gasteiger partial charge in [-0.25, -0.2) is 9.59 Å². The van der Waals surface area contributed by atoms with Crippen molar-refractivity contribution in [2.75, 3.05) is 14.1 Å². The Morgan fingerprint density at radius 2 is 1.50 bits per heavy atom. The maximum atomic E-state index is 12.0. The molecule has 7 N–H and O–H groups in total. The summed E-state index contributed by atoms with van der Waals surface area (Å²) in [6.45, 7) is 5.62. The number of nitrogens with one attached hydrogen (secondary N) is 1. The van der Waals surface area contributed by atoms with E-state index in [0.717, 1.165) is 12.8 Å². The van der Waals surface area contributed by atoms with Crippen LogP contribution in [-0.2, 0) is 19.2 Å². The summed E-state index contributed by atoms with van der Waals surface area (Å²) in [7, 11) is 3.53. The molecule has 0 aromatic heterocycles. The van der Waals surface area contributed by atoms with Crippen molar-refractivity contribution in [2.45, 2.75) is 52.1 Å². The molecule has 1 rings (SSSR count). The molecule has 0 bridgehead atoms. The summed E-state index contributed by atoms with van der Waals surface area (Å²) in [5, 5.41) is 17.8. The van der Waals surface area contributed by atoms with Crippen LogP contribution in [0.15, 0.2) is 0 Å². The molecule has 2 amide bonds. The molecule has 152 valence electrons. The minimum absolute atomic E-state index is 0. The first-order valence-corrected chi connectivity index (χ1v) is 8.01. The average molecular weight is 377 g/mol. The molecule has 26 heavy (non-hydrogen) atoms. The maximum absolute atomic E-state index is 12.0. The van der Waals surface area contributed by atoms with Crippen molar-refractivity contribution >= 4 is 23.8 Å². The first kappa shape index (κ1) is 26.0. The van der Waals surface area contributed by atoms with E-state index < -0.39 is 17.4 Å². The fourth-order valence-electron chi connectivity index (χ4n) is 2.33. The van der Waals surface area contributed by atoms with Gasteiger partial charge >= 0.3 is 11.9 Å². The molecule has 3 atom stereocenters. The Kier molecular flexibility index (Phi) is 10.7. The molecule has 1 fully saturated rings. The van der Waals surface area contributed by atoms with Crippen LogP contribution in [0.1, 0.15) is 40.0 Å². The van der Waals surface area contributed by atoms with Crippen molar-refractivity contribution in [3.8, 4) is 0 Å². The third-order valence-corrected chi connectivity index (χ3v) is 3.87. The second-order valence-electron chi connectivity index (χ2n) is 7.35. The van der Waals surface area contributed by atoms with Gasteiger partial charge in [0.2, 0.25) is 11.8 Å². The molecule has 0 radical (unpaired) electrons. The van der Waals surface area contributed by atoms with Crippen LogP contribution >= 0.6 is 0 Å². The van der Waals surface area contributed by atoms with Crippen molar-refractivity contribution in [3.05, 3.63) is 0 Å². The fourth-order valence-corrected chi connectivity index (χ4v) is 2.33. The van der Waals surface area contributed by atoms with Crippen molar-refractivity contribution < 1.29 is 34.9 Å². The number of carbonyl (C=O) groups is 4. The van der Waals surface area contributed by atoms with Crippen LogP contribution in [0.3, 0.4) is 0 Å². The first-order valence-electron chi connectivity index (χ1n) is 8.01. The Balaban J connectivity index is 0. The number of carboxylic acids is 2. The van der Waals surface area contributed by atoms with Gasteiger partial charge in [0.05, 0.1) is 0 Å². The van der Waals surface area contributed by atoms with Crippen LogP contribution in [0.25, 0.3) is 0 Å². The third-order valence-electron chi connectivity index (χ3n) is 3.87. The number of aliphatic carboxylic acids is 2. The van der Waals surface area contributed by atoms with Crippen LogP contribution in [-0.4, -0.2) is 70.5 Å². The van der Waals surface area contributed by atoms with Gasteiger partial charge < -0.3 is 31.6 Å². The van der Waals surface area contributed by atoms with E-state index in [4.69, 9.17) is 25.5 Å². The average Bonchev–Trinajstić information content (AvgIpc) is 2.48. The summed E-state index contributed by atoms with van der Waals surface area (Å²) in [4.78, 5) is 43.8. The van der Waals surface area contributed by atoms with E-state index in [2.05, 4.69) is 5.32 Å². The normalized spacial score (nSPS) is 22.0. The van der Waals surface area contributed by atoms with E-state index in [1.54, 1.807) is 19.0 Å². The molecule has 0 spiro atoms. The van der Waals surface area contributed by atoms with Crippen molar-refractivity contribution in [2.24, 2.45) is 17.1 Å². The molecule has 1 saturated carbocycles. The van der Waals surface area contributed by atoms with Crippen LogP contribution < -0.4 is 11.1 Å². The number of nitrogens with two attached hydrogens (primary N) is 1. The summed E-state index contributed by atoms with van der Waals surface area (Å²) in [5.74, 6) is -3.56. The standard InChI is InChI=1S/C14H27N3O2.C2H2O4.H2O/c1-14(2,3)13(19)16-11-8-9(6-7-10(11)15)12(18)17(4)5;3-1(4)2(5)6;/h9-11H,6-8,15H2,1-5H3,(H,16,19);(H,3,4)(H,5,6);1H2/t9-,10+,11+;;/m0../s1. The highest BCUT2D eigenvalue weighted by atomic mass is 16.4. The Labute approximate surface area is 153 Å². The van der Waals surface area contributed by atoms with Gasteiger partial charge in [0.25, 0.3) is 0 Å². The Morgan fingerprint density at radius 1 is 1.04 bits per heavy atom. The summed E-state index contributed by atoms with van der Waals surface area (Å²) >= 11 is 0. The Morgan fingerprint density at radius 3 is 1.85 bits per heavy atom. The summed E-state index contributed by atoms with van der Waals surface area (Å²) in [6, 6.07) is -0.160. The van der Waals surface area contributed by atoms with E-state index >= 15 is 0 Å². The van der Waals surface area contributed by atoms with E-state index in [-0.39, 0.29) is 35.3 Å². The van der Waals surface area contributed by atoms with Gasteiger partial charge in [-0.3, -0.25) is 9.59 Å². The zero-order valence-electron chi connectivity index (χ0n) is 15.9. The molecule has 0 saturated heterocycles. The largest absolute Gasteiger partial charge is 0.473 e.